The second-order valence-electron chi connectivity index (χ2n) is 5.11. The van der Waals surface area contributed by atoms with Gasteiger partial charge in [-0.2, -0.15) is 13.2 Å². The maximum Gasteiger partial charge on any atom is 0.416 e. The summed E-state index contributed by atoms with van der Waals surface area (Å²) in [5.74, 6) is -0.824. The topological polar surface area (TPSA) is 49.4 Å². The molecule has 4 nitrogen and oxygen atoms in total. The van der Waals surface area contributed by atoms with E-state index in [1.165, 1.54) is 32.9 Å². The lowest BCUT2D eigenvalue weighted by molar-refractivity contribution is -0.138. The van der Waals surface area contributed by atoms with Gasteiger partial charge >= 0.3 is 6.18 Å². The van der Waals surface area contributed by atoms with E-state index in [-0.39, 0.29) is 11.3 Å². The molecule has 21 heavy (non-hydrogen) atoms. The maximum absolute atomic E-state index is 13.0. The van der Waals surface area contributed by atoms with Crippen LogP contribution in [-0.4, -0.2) is 23.9 Å². The fourth-order valence-corrected chi connectivity index (χ4v) is 2.33. The van der Waals surface area contributed by atoms with Crippen LogP contribution in [0.3, 0.4) is 0 Å². The van der Waals surface area contributed by atoms with Gasteiger partial charge in [-0.3, -0.25) is 14.5 Å². The first kappa shape index (κ1) is 15.3. The van der Waals surface area contributed by atoms with Crippen LogP contribution in [0.15, 0.2) is 18.2 Å². The van der Waals surface area contributed by atoms with Crippen LogP contribution < -0.4 is 10.2 Å². The molecule has 1 saturated heterocycles. The number of carbonyl (C=O) groups excluding carboxylic acids is 2. The van der Waals surface area contributed by atoms with E-state index in [0.29, 0.717) is 0 Å². The summed E-state index contributed by atoms with van der Waals surface area (Å²) in [5.41, 5.74) is -0.661. The van der Waals surface area contributed by atoms with Crippen molar-refractivity contribution in [2.45, 2.75) is 39.0 Å². The Kier molecular flexibility index (Phi) is 3.69. The molecule has 1 aliphatic rings. The van der Waals surface area contributed by atoms with Crippen molar-refractivity contribution in [3.63, 3.8) is 0 Å². The van der Waals surface area contributed by atoms with Crippen molar-refractivity contribution in [1.82, 2.24) is 5.32 Å². The first-order valence-electron chi connectivity index (χ1n) is 6.44. The number of carbonyl (C=O) groups is 2. The van der Waals surface area contributed by atoms with Crippen LogP contribution in [0.5, 0.6) is 0 Å². The highest BCUT2D eigenvalue weighted by atomic mass is 19.4. The normalized spacial score (nSPS) is 23.2. The van der Waals surface area contributed by atoms with Crippen molar-refractivity contribution in [3.8, 4) is 0 Å². The average molecular weight is 300 g/mol. The quantitative estimate of drug-likeness (QED) is 0.865. The summed E-state index contributed by atoms with van der Waals surface area (Å²) >= 11 is 0. The largest absolute Gasteiger partial charge is 0.416 e. The molecular weight excluding hydrogens is 285 g/mol. The van der Waals surface area contributed by atoms with Crippen LogP contribution in [-0.2, 0) is 15.8 Å². The number of alkyl halides is 3. The molecule has 1 aliphatic heterocycles. The summed E-state index contributed by atoms with van der Waals surface area (Å²) in [6, 6.07) is 2.02. The highest BCUT2D eigenvalue weighted by Gasteiger charge is 2.38. The fourth-order valence-electron chi connectivity index (χ4n) is 2.33. The van der Waals surface area contributed by atoms with E-state index in [2.05, 4.69) is 5.32 Å². The van der Waals surface area contributed by atoms with Crippen molar-refractivity contribution in [3.05, 3.63) is 29.3 Å². The summed E-state index contributed by atoms with van der Waals surface area (Å²) in [6.45, 7) is 4.33. The number of hydrogen-bond donors (Lipinski definition) is 1. The predicted octanol–water partition coefficient (Wildman–Crippen LogP) is 2.25. The Labute approximate surface area is 119 Å². The zero-order chi connectivity index (χ0) is 15.9. The molecule has 2 amide bonds. The molecule has 1 aromatic carbocycles. The minimum atomic E-state index is -4.50. The lowest BCUT2D eigenvalue weighted by Crippen LogP contribution is -2.61. The van der Waals surface area contributed by atoms with Gasteiger partial charge in [0.15, 0.2) is 0 Å². The van der Waals surface area contributed by atoms with Crippen LogP contribution in [0.1, 0.15) is 25.0 Å². The van der Waals surface area contributed by atoms with Crippen molar-refractivity contribution < 1.29 is 22.8 Å². The molecule has 0 aromatic heterocycles. The molecule has 1 heterocycles. The van der Waals surface area contributed by atoms with E-state index in [0.717, 1.165) is 11.0 Å². The van der Waals surface area contributed by atoms with Crippen LogP contribution in [0.25, 0.3) is 0 Å². The van der Waals surface area contributed by atoms with Gasteiger partial charge in [0.25, 0.3) is 0 Å². The van der Waals surface area contributed by atoms with Gasteiger partial charge in [0, 0.05) is 5.69 Å². The summed E-state index contributed by atoms with van der Waals surface area (Å²) < 4.78 is 38.9. The van der Waals surface area contributed by atoms with Crippen molar-refractivity contribution in [2.24, 2.45) is 0 Å². The number of hydrogen-bond acceptors (Lipinski definition) is 2. The Bertz CT molecular complexity index is 598. The van der Waals surface area contributed by atoms with Gasteiger partial charge < -0.3 is 5.32 Å². The van der Waals surface area contributed by atoms with Crippen molar-refractivity contribution in [2.75, 3.05) is 4.90 Å². The molecule has 114 valence electrons. The van der Waals surface area contributed by atoms with E-state index in [1.807, 2.05) is 0 Å². The molecule has 1 N–H and O–H groups in total. The number of rotatable bonds is 1. The van der Waals surface area contributed by atoms with Gasteiger partial charge in [0.2, 0.25) is 11.8 Å². The summed E-state index contributed by atoms with van der Waals surface area (Å²) in [5, 5.41) is 2.48. The zero-order valence-electron chi connectivity index (χ0n) is 11.8. The van der Waals surface area contributed by atoms with Crippen LogP contribution in [0.4, 0.5) is 18.9 Å². The van der Waals surface area contributed by atoms with Gasteiger partial charge in [0.05, 0.1) is 5.56 Å². The first-order chi connectivity index (χ1) is 9.62. The van der Waals surface area contributed by atoms with Crippen LogP contribution in [0.2, 0.25) is 0 Å². The van der Waals surface area contributed by atoms with Crippen molar-refractivity contribution >= 4 is 17.5 Å². The number of amides is 2. The number of anilines is 1. The van der Waals surface area contributed by atoms with Gasteiger partial charge in [-0.25, -0.2) is 0 Å². The monoisotopic (exact) mass is 300 g/mol. The molecule has 7 heteroatoms. The van der Waals surface area contributed by atoms with Crippen LogP contribution >= 0.6 is 0 Å². The lowest BCUT2D eigenvalue weighted by atomic mass is 10.0. The van der Waals surface area contributed by atoms with E-state index in [4.69, 9.17) is 0 Å². The smallest absolute Gasteiger partial charge is 0.343 e. The molecule has 1 aromatic rings. The second-order valence-corrected chi connectivity index (χ2v) is 5.11. The Hall–Kier alpha value is -2.05. The summed E-state index contributed by atoms with van der Waals surface area (Å²) in [7, 11) is 0. The third-order valence-corrected chi connectivity index (χ3v) is 3.54. The van der Waals surface area contributed by atoms with Crippen molar-refractivity contribution in [1.29, 1.82) is 0 Å². The van der Waals surface area contributed by atoms with E-state index >= 15 is 0 Å². The molecule has 1 fully saturated rings. The Balaban J connectivity index is 2.50. The standard InChI is InChI=1S/C14H15F3N2O2/c1-7-4-5-10(6-11(7)14(15,16)17)19-9(3)12(20)18-8(2)13(19)21/h4-6,8-9H,1-3H3,(H,18,20). The lowest BCUT2D eigenvalue weighted by Gasteiger charge is -2.36. The molecule has 0 saturated carbocycles. The zero-order valence-corrected chi connectivity index (χ0v) is 11.8. The first-order valence-corrected chi connectivity index (χ1v) is 6.44. The SMILES string of the molecule is Cc1ccc(N2C(=O)C(C)NC(=O)C2C)cc1C(F)(F)F. The molecular formula is C14H15F3N2O2. The highest BCUT2D eigenvalue weighted by molar-refractivity contribution is 6.08. The Morgan fingerprint density at radius 2 is 1.81 bits per heavy atom. The van der Waals surface area contributed by atoms with E-state index in [9.17, 15) is 22.8 Å². The second kappa shape index (κ2) is 5.05. The Morgan fingerprint density at radius 3 is 2.38 bits per heavy atom. The summed E-state index contributed by atoms with van der Waals surface area (Å²) in [4.78, 5) is 25.0. The fraction of sp³-hybridized carbons (Fsp3) is 0.429. The minimum absolute atomic E-state index is 0.0702. The third kappa shape index (κ3) is 2.72. The molecule has 0 radical (unpaired) electrons. The van der Waals surface area contributed by atoms with Crippen LogP contribution in [0, 0.1) is 6.92 Å². The van der Waals surface area contributed by atoms with Gasteiger partial charge in [-0.05, 0) is 38.5 Å². The highest BCUT2D eigenvalue weighted by Crippen LogP contribution is 2.35. The maximum atomic E-state index is 13.0. The number of nitrogens with one attached hydrogen (secondary N) is 1. The minimum Gasteiger partial charge on any atom is -0.343 e. The van der Waals surface area contributed by atoms with Gasteiger partial charge in [-0.15, -0.1) is 0 Å². The average Bonchev–Trinajstić information content (AvgIpc) is 2.37. The third-order valence-electron chi connectivity index (χ3n) is 3.54. The molecule has 0 spiro atoms. The number of piperazine rings is 1. The number of benzene rings is 1. The molecule has 2 unspecified atom stereocenters. The number of halogens is 3. The van der Waals surface area contributed by atoms with Gasteiger partial charge in [-0.1, -0.05) is 6.07 Å². The van der Waals surface area contributed by atoms with Gasteiger partial charge in [0.1, 0.15) is 12.1 Å². The summed E-state index contributed by atoms with van der Waals surface area (Å²) in [6.07, 6.45) is -4.50. The van der Waals surface area contributed by atoms with E-state index in [1.54, 1.807) is 0 Å². The van der Waals surface area contributed by atoms with E-state index < -0.39 is 35.6 Å². The molecule has 2 rings (SSSR count). The molecule has 0 aliphatic carbocycles. The molecule has 0 bridgehead atoms. The molecule has 2 atom stereocenters. The predicted molar refractivity (Wildman–Crippen MR) is 70.7 cm³/mol. The number of aryl methyl sites for hydroxylation is 1. The number of nitrogens with zero attached hydrogens (tertiary/aromatic N) is 1. The Morgan fingerprint density at radius 1 is 1.19 bits per heavy atom.